The van der Waals surface area contributed by atoms with E-state index in [1.807, 2.05) is 37.3 Å². The number of anilines is 3. The van der Waals surface area contributed by atoms with Gasteiger partial charge in [0.15, 0.2) is 5.69 Å². The van der Waals surface area contributed by atoms with Crippen LogP contribution in [0.2, 0.25) is 0 Å². The smallest absolute Gasteiger partial charge is 0.330 e. The molecule has 10 heteroatoms. The van der Waals surface area contributed by atoms with E-state index in [0.717, 1.165) is 10.5 Å². The second-order valence-corrected chi connectivity index (χ2v) is 8.19. The van der Waals surface area contributed by atoms with E-state index in [2.05, 4.69) is 4.98 Å². The van der Waals surface area contributed by atoms with Gasteiger partial charge in [0.05, 0.1) is 12.2 Å². The van der Waals surface area contributed by atoms with Crippen molar-refractivity contribution in [3.05, 3.63) is 86.6 Å². The summed E-state index contributed by atoms with van der Waals surface area (Å²) in [6.07, 6.45) is 0.743. The Hall–Kier alpha value is -4.47. The zero-order valence-corrected chi connectivity index (χ0v) is 19.2. The number of hydrogen-bond acceptors (Lipinski definition) is 6. The SMILES string of the molecule is CCCN(C(=O)c1cccc(N2C(=O)CCC2=O)c1)c1c(N)n(Cc2ccccc2)c(=O)[nH]c1=O. The van der Waals surface area contributed by atoms with Crippen LogP contribution in [0.4, 0.5) is 17.2 Å². The lowest BCUT2D eigenvalue weighted by molar-refractivity contribution is -0.121. The molecule has 0 aliphatic carbocycles. The van der Waals surface area contributed by atoms with Gasteiger partial charge in [-0.3, -0.25) is 33.6 Å². The molecule has 10 nitrogen and oxygen atoms in total. The molecule has 2 heterocycles. The molecule has 3 aromatic rings. The number of imide groups is 1. The number of benzene rings is 2. The van der Waals surface area contributed by atoms with Gasteiger partial charge >= 0.3 is 5.69 Å². The van der Waals surface area contributed by atoms with E-state index in [0.29, 0.717) is 6.42 Å². The molecule has 2 aromatic carbocycles. The number of nitrogen functional groups attached to an aromatic ring is 1. The van der Waals surface area contributed by atoms with E-state index in [1.54, 1.807) is 12.1 Å². The first kappa shape index (κ1) is 23.7. The first-order valence-electron chi connectivity index (χ1n) is 11.3. The lowest BCUT2D eigenvalue weighted by atomic mass is 10.1. The highest BCUT2D eigenvalue weighted by Gasteiger charge is 2.31. The van der Waals surface area contributed by atoms with E-state index in [9.17, 15) is 24.0 Å². The molecule has 0 bridgehead atoms. The number of aromatic amines is 1. The third-order valence-corrected chi connectivity index (χ3v) is 5.76. The summed E-state index contributed by atoms with van der Waals surface area (Å²) in [6.45, 7) is 2.10. The fourth-order valence-electron chi connectivity index (χ4n) is 4.10. The van der Waals surface area contributed by atoms with E-state index < -0.39 is 17.2 Å². The average molecular weight is 476 g/mol. The van der Waals surface area contributed by atoms with Gasteiger partial charge in [-0.2, -0.15) is 0 Å². The van der Waals surface area contributed by atoms with Crippen molar-refractivity contribution in [1.82, 2.24) is 9.55 Å². The number of amides is 3. The van der Waals surface area contributed by atoms with Gasteiger partial charge in [-0.25, -0.2) is 4.79 Å². The van der Waals surface area contributed by atoms with Gasteiger partial charge in [0.1, 0.15) is 5.82 Å². The monoisotopic (exact) mass is 475 g/mol. The summed E-state index contributed by atoms with van der Waals surface area (Å²) in [5, 5.41) is 0. The number of H-pyrrole nitrogens is 1. The standard InChI is InChI=1S/C25H25N5O5/c1-2-13-28(24(34)17-9-6-10-18(14-17)30-19(31)11-12-20(30)32)21-22(26)29(25(35)27-23(21)33)15-16-7-4-3-5-8-16/h3-10,14H,2,11-13,15,26H2,1H3,(H,27,33,35). The number of nitrogens with two attached hydrogens (primary N) is 1. The Bertz CT molecular complexity index is 1390. The number of nitrogens with one attached hydrogen (secondary N) is 1. The van der Waals surface area contributed by atoms with Crippen LogP contribution in [-0.4, -0.2) is 33.8 Å². The molecule has 4 rings (SSSR count). The first-order valence-corrected chi connectivity index (χ1v) is 11.3. The summed E-state index contributed by atoms with van der Waals surface area (Å²) in [4.78, 5) is 67.8. The number of rotatable bonds is 7. The van der Waals surface area contributed by atoms with Gasteiger partial charge in [-0.15, -0.1) is 0 Å². The molecule has 35 heavy (non-hydrogen) atoms. The van der Waals surface area contributed by atoms with Gasteiger partial charge in [-0.05, 0) is 30.2 Å². The van der Waals surface area contributed by atoms with Crippen molar-refractivity contribution in [2.75, 3.05) is 22.1 Å². The van der Waals surface area contributed by atoms with Crippen LogP contribution < -0.4 is 26.8 Å². The molecule has 0 unspecified atom stereocenters. The van der Waals surface area contributed by atoms with Crippen LogP contribution in [0, 0.1) is 0 Å². The third-order valence-electron chi connectivity index (χ3n) is 5.76. The molecule has 1 aliphatic heterocycles. The fourth-order valence-corrected chi connectivity index (χ4v) is 4.10. The molecular weight excluding hydrogens is 450 g/mol. The highest BCUT2D eigenvalue weighted by Crippen LogP contribution is 2.26. The predicted molar refractivity (Wildman–Crippen MR) is 131 cm³/mol. The molecule has 180 valence electrons. The Morgan fingerprint density at radius 3 is 2.34 bits per heavy atom. The average Bonchev–Trinajstić information content (AvgIpc) is 3.19. The van der Waals surface area contributed by atoms with Crippen molar-refractivity contribution in [2.45, 2.75) is 32.7 Å². The van der Waals surface area contributed by atoms with Gasteiger partial charge in [0.2, 0.25) is 11.8 Å². The molecule has 1 fully saturated rings. The predicted octanol–water partition coefficient (Wildman–Crippen LogP) is 1.88. The molecule has 0 radical (unpaired) electrons. The van der Waals surface area contributed by atoms with Crippen molar-refractivity contribution >= 4 is 34.9 Å². The summed E-state index contributed by atoms with van der Waals surface area (Å²) in [7, 11) is 0. The fraction of sp³-hybridized carbons (Fsp3) is 0.240. The van der Waals surface area contributed by atoms with Crippen molar-refractivity contribution < 1.29 is 14.4 Å². The van der Waals surface area contributed by atoms with Crippen LogP contribution in [0.5, 0.6) is 0 Å². The lowest BCUT2D eigenvalue weighted by Crippen LogP contribution is -2.41. The number of carbonyl (C=O) groups excluding carboxylic acids is 3. The zero-order chi connectivity index (χ0) is 25.1. The quantitative estimate of drug-likeness (QED) is 0.500. The summed E-state index contributed by atoms with van der Waals surface area (Å²) in [5.41, 5.74) is 5.95. The van der Waals surface area contributed by atoms with Gasteiger partial charge < -0.3 is 10.6 Å². The first-order chi connectivity index (χ1) is 16.8. The Morgan fingerprint density at radius 2 is 1.69 bits per heavy atom. The molecule has 1 saturated heterocycles. The largest absolute Gasteiger partial charge is 0.383 e. The minimum Gasteiger partial charge on any atom is -0.383 e. The van der Waals surface area contributed by atoms with E-state index in [4.69, 9.17) is 5.73 Å². The number of aromatic nitrogens is 2. The summed E-state index contributed by atoms with van der Waals surface area (Å²) >= 11 is 0. The van der Waals surface area contributed by atoms with Crippen LogP contribution in [0.25, 0.3) is 0 Å². The number of hydrogen-bond donors (Lipinski definition) is 2. The van der Waals surface area contributed by atoms with Crippen LogP contribution in [0.3, 0.4) is 0 Å². The molecule has 3 N–H and O–H groups in total. The Kier molecular flexibility index (Phi) is 6.63. The number of carbonyl (C=O) groups is 3. The Balaban J connectivity index is 1.76. The third kappa shape index (κ3) is 4.63. The van der Waals surface area contributed by atoms with E-state index >= 15 is 0 Å². The zero-order valence-electron chi connectivity index (χ0n) is 19.2. The summed E-state index contributed by atoms with van der Waals surface area (Å²) in [5.74, 6) is -1.35. The highest BCUT2D eigenvalue weighted by molar-refractivity contribution is 6.20. The second kappa shape index (κ2) is 9.80. The lowest BCUT2D eigenvalue weighted by Gasteiger charge is -2.25. The van der Waals surface area contributed by atoms with Crippen LogP contribution >= 0.6 is 0 Å². The van der Waals surface area contributed by atoms with Crippen molar-refractivity contribution in [3.8, 4) is 0 Å². The minimum absolute atomic E-state index is 0.109. The van der Waals surface area contributed by atoms with Crippen molar-refractivity contribution in [2.24, 2.45) is 0 Å². The highest BCUT2D eigenvalue weighted by atomic mass is 16.2. The Labute approximate surface area is 200 Å². The maximum atomic E-state index is 13.6. The second-order valence-electron chi connectivity index (χ2n) is 8.19. The van der Waals surface area contributed by atoms with Crippen LogP contribution in [-0.2, 0) is 16.1 Å². The van der Waals surface area contributed by atoms with Crippen LogP contribution in [0.1, 0.15) is 42.1 Å². The molecule has 0 saturated carbocycles. The Morgan fingerprint density at radius 1 is 1.00 bits per heavy atom. The van der Waals surface area contributed by atoms with Crippen LogP contribution in [0.15, 0.2) is 64.2 Å². The van der Waals surface area contributed by atoms with Gasteiger partial charge in [-0.1, -0.05) is 43.3 Å². The maximum Gasteiger partial charge on any atom is 0.330 e. The molecule has 1 aromatic heterocycles. The molecular formula is C25H25N5O5. The van der Waals surface area contributed by atoms with Crippen molar-refractivity contribution in [3.63, 3.8) is 0 Å². The maximum absolute atomic E-state index is 13.6. The van der Waals surface area contributed by atoms with E-state index in [1.165, 1.54) is 21.6 Å². The van der Waals surface area contributed by atoms with Gasteiger partial charge in [0, 0.05) is 24.9 Å². The summed E-state index contributed by atoms with van der Waals surface area (Å²) in [6, 6.07) is 15.2. The minimum atomic E-state index is -0.778. The molecule has 0 spiro atoms. The molecule has 0 atom stereocenters. The molecule has 1 aliphatic rings. The normalized spacial score (nSPS) is 13.3. The van der Waals surface area contributed by atoms with Crippen molar-refractivity contribution in [1.29, 1.82) is 0 Å². The molecule has 3 amide bonds. The topological polar surface area (TPSA) is 139 Å². The van der Waals surface area contributed by atoms with E-state index in [-0.39, 0.29) is 60.5 Å². The number of nitrogens with zero attached hydrogens (tertiary/aromatic N) is 3. The summed E-state index contributed by atoms with van der Waals surface area (Å²) < 4.78 is 1.21. The van der Waals surface area contributed by atoms with Gasteiger partial charge in [0.25, 0.3) is 11.5 Å².